The van der Waals surface area contributed by atoms with Crippen molar-refractivity contribution in [3.05, 3.63) is 29.7 Å². The molecule has 0 aliphatic heterocycles. The maximum Gasteiger partial charge on any atom is 0.274 e. The molecule has 0 aliphatic rings. The van der Waals surface area contributed by atoms with Gasteiger partial charge < -0.3 is 15.5 Å². The molecule has 0 aliphatic carbocycles. The molecule has 0 aromatic carbocycles. The van der Waals surface area contributed by atoms with Crippen LogP contribution in [0.1, 0.15) is 42.0 Å². The van der Waals surface area contributed by atoms with Gasteiger partial charge in [-0.15, -0.1) is 0 Å². The number of nitrogen functional groups attached to an aromatic ring is 1. The van der Waals surface area contributed by atoms with Crippen molar-refractivity contribution in [3.63, 3.8) is 0 Å². The van der Waals surface area contributed by atoms with Gasteiger partial charge in [0.2, 0.25) is 5.89 Å². The van der Waals surface area contributed by atoms with Crippen molar-refractivity contribution in [2.45, 2.75) is 33.4 Å². The zero-order valence-corrected chi connectivity index (χ0v) is 11.2. The first-order valence-corrected chi connectivity index (χ1v) is 6.07. The molecule has 7 heteroatoms. The number of hydrogen-bond donors (Lipinski definition) is 2. The van der Waals surface area contributed by atoms with E-state index in [2.05, 4.69) is 15.4 Å². The van der Waals surface area contributed by atoms with E-state index in [0.29, 0.717) is 23.9 Å². The van der Waals surface area contributed by atoms with E-state index >= 15 is 0 Å². The van der Waals surface area contributed by atoms with Gasteiger partial charge in [0, 0.05) is 12.7 Å². The van der Waals surface area contributed by atoms with Crippen molar-refractivity contribution < 1.29 is 9.21 Å². The molecule has 3 N–H and O–H groups in total. The zero-order valence-electron chi connectivity index (χ0n) is 11.2. The van der Waals surface area contributed by atoms with Crippen molar-refractivity contribution >= 4 is 11.6 Å². The van der Waals surface area contributed by atoms with E-state index in [9.17, 15) is 4.79 Å². The summed E-state index contributed by atoms with van der Waals surface area (Å²) in [5.41, 5.74) is 6.33. The first kappa shape index (κ1) is 13.1. The van der Waals surface area contributed by atoms with Crippen molar-refractivity contribution in [2.24, 2.45) is 0 Å². The molecule has 0 spiro atoms. The smallest absolute Gasteiger partial charge is 0.274 e. The number of oxazole rings is 1. The Labute approximate surface area is 110 Å². The van der Waals surface area contributed by atoms with Crippen molar-refractivity contribution in [1.82, 2.24) is 20.1 Å². The van der Waals surface area contributed by atoms with Crippen molar-refractivity contribution in [3.8, 4) is 0 Å². The number of aromatic nitrogens is 3. The number of carbonyl (C=O) groups excluding carboxylic acids is 1. The molecule has 0 bridgehead atoms. The van der Waals surface area contributed by atoms with Crippen LogP contribution in [0, 0.1) is 6.92 Å². The fourth-order valence-electron chi connectivity index (χ4n) is 1.67. The van der Waals surface area contributed by atoms with Gasteiger partial charge in [-0.05, 0) is 20.8 Å². The summed E-state index contributed by atoms with van der Waals surface area (Å²) in [5.74, 6) is 0.818. The van der Waals surface area contributed by atoms with E-state index in [1.165, 1.54) is 0 Å². The predicted octanol–water partition coefficient (Wildman–Crippen LogP) is 1.27. The van der Waals surface area contributed by atoms with Gasteiger partial charge >= 0.3 is 0 Å². The normalized spacial score (nSPS) is 12.4. The molecule has 1 atom stereocenters. The van der Waals surface area contributed by atoms with Crippen LogP contribution in [0.5, 0.6) is 0 Å². The number of nitrogens with one attached hydrogen (secondary N) is 1. The maximum atomic E-state index is 12.0. The molecule has 102 valence electrons. The molecule has 2 heterocycles. The lowest BCUT2D eigenvalue weighted by molar-refractivity contribution is 0.0929. The number of rotatable bonds is 4. The average Bonchev–Trinajstić information content (AvgIpc) is 2.95. The van der Waals surface area contributed by atoms with E-state index in [0.717, 1.165) is 0 Å². The molecule has 0 saturated heterocycles. The van der Waals surface area contributed by atoms with E-state index in [1.807, 2.05) is 6.92 Å². The van der Waals surface area contributed by atoms with Crippen LogP contribution in [0.2, 0.25) is 0 Å². The first-order chi connectivity index (χ1) is 9.01. The summed E-state index contributed by atoms with van der Waals surface area (Å²) in [6.45, 7) is 6.17. The molecule has 0 saturated carbocycles. The predicted molar refractivity (Wildman–Crippen MR) is 69.4 cm³/mol. The lowest BCUT2D eigenvalue weighted by Crippen LogP contribution is -2.28. The molecule has 2 rings (SSSR count). The third-order valence-electron chi connectivity index (χ3n) is 2.69. The molecule has 2 aromatic heterocycles. The Hall–Kier alpha value is -2.31. The summed E-state index contributed by atoms with van der Waals surface area (Å²) in [4.78, 5) is 16.1. The van der Waals surface area contributed by atoms with Crippen LogP contribution in [0.15, 0.2) is 16.8 Å². The summed E-state index contributed by atoms with van der Waals surface area (Å²) in [5, 5.41) is 6.86. The number of amides is 1. The highest BCUT2D eigenvalue weighted by Crippen LogP contribution is 2.14. The van der Waals surface area contributed by atoms with Crippen molar-refractivity contribution in [1.29, 1.82) is 0 Å². The quantitative estimate of drug-likeness (QED) is 0.865. The van der Waals surface area contributed by atoms with Crippen LogP contribution in [-0.4, -0.2) is 20.7 Å². The second-order valence-electron chi connectivity index (χ2n) is 4.29. The Balaban J connectivity index is 2.10. The van der Waals surface area contributed by atoms with E-state index < -0.39 is 0 Å². The highest BCUT2D eigenvalue weighted by atomic mass is 16.4. The van der Waals surface area contributed by atoms with Gasteiger partial charge in [0.25, 0.3) is 5.91 Å². The molecule has 0 fully saturated rings. The molecular weight excluding hydrogens is 246 g/mol. The minimum Gasteiger partial charge on any atom is -0.444 e. The topological polar surface area (TPSA) is 99.0 Å². The third-order valence-corrected chi connectivity index (χ3v) is 2.69. The van der Waals surface area contributed by atoms with Gasteiger partial charge in [-0.25, -0.2) is 4.98 Å². The highest BCUT2D eigenvalue weighted by molar-refractivity contribution is 5.97. The lowest BCUT2D eigenvalue weighted by Gasteiger charge is -2.09. The summed E-state index contributed by atoms with van der Waals surface area (Å²) in [6, 6.07) is -0.340. The Morgan fingerprint density at radius 2 is 2.37 bits per heavy atom. The SMILES string of the molecule is CCn1cc(N)c(C(=O)NC(C)c2ncc(C)o2)n1. The molecule has 1 unspecified atom stereocenters. The molecule has 2 aromatic rings. The van der Waals surface area contributed by atoms with E-state index in [-0.39, 0.29) is 17.6 Å². The number of anilines is 1. The molecule has 1 amide bonds. The van der Waals surface area contributed by atoms with Gasteiger partial charge in [-0.3, -0.25) is 9.48 Å². The van der Waals surface area contributed by atoms with Crippen LogP contribution < -0.4 is 11.1 Å². The van der Waals surface area contributed by atoms with E-state index in [1.54, 1.807) is 30.9 Å². The van der Waals surface area contributed by atoms with Gasteiger partial charge in [-0.2, -0.15) is 5.10 Å². The number of carbonyl (C=O) groups is 1. The molecule has 7 nitrogen and oxygen atoms in total. The van der Waals surface area contributed by atoms with Crippen LogP contribution in [-0.2, 0) is 6.54 Å². The summed E-state index contributed by atoms with van der Waals surface area (Å²) in [6.07, 6.45) is 3.24. The zero-order chi connectivity index (χ0) is 14.0. The Morgan fingerprint density at radius 3 is 2.89 bits per heavy atom. The van der Waals surface area contributed by atoms with E-state index in [4.69, 9.17) is 10.2 Å². The number of nitrogens with zero attached hydrogens (tertiary/aromatic N) is 3. The maximum absolute atomic E-state index is 12.0. The summed E-state index contributed by atoms with van der Waals surface area (Å²) < 4.78 is 6.97. The number of hydrogen-bond acceptors (Lipinski definition) is 5. The van der Waals surface area contributed by atoms with Crippen LogP contribution in [0.3, 0.4) is 0 Å². The fraction of sp³-hybridized carbons (Fsp3) is 0.417. The Morgan fingerprint density at radius 1 is 1.63 bits per heavy atom. The fourth-order valence-corrected chi connectivity index (χ4v) is 1.67. The lowest BCUT2D eigenvalue weighted by atomic mass is 10.3. The standard InChI is InChI=1S/C12H17N5O2/c1-4-17-6-9(13)10(16-17)11(18)15-8(3)12-14-5-7(2)19-12/h5-6,8H,4,13H2,1-3H3,(H,15,18). The van der Waals surface area contributed by atoms with Gasteiger partial charge in [0.15, 0.2) is 5.69 Å². The molecular formula is C12H17N5O2. The second-order valence-corrected chi connectivity index (χ2v) is 4.29. The summed E-state index contributed by atoms with van der Waals surface area (Å²) in [7, 11) is 0. The minimum atomic E-state index is -0.340. The average molecular weight is 263 g/mol. The van der Waals surface area contributed by atoms with Gasteiger partial charge in [0.1, 0.15) is 11.8 Å². The molecule has 0 radical (unpaired) electrons. The monoisotopic (exact) mass is 263 g/mol. The minimum absolute atomic E-state index is 0.219. The second kappa shape index (κ2) is 5.13. The third kappa shape index (κ3) is 2.75. The largest absolute Gasteiger partial charge is 0.444 e. The Bertz CT molecular complexity index is 587. The summed E-state index contributed by atoms with van der Waals surface area (Å²) >= 11 is 0. The van der Waals surface area contributed by atoms with Crippen LogP contribution in [0.4, 0.5) is 5.69 Å². The highest BCUT2D eigenvalue weighted by Gasteiger charge is 2.19. The van der Waals surface area contributed by atoms with Gasteiger partial charge in [-0.1, -0.05) is 0 Å². The van der Waals surface area contributed by atoms with Crippen LogP contribution >= 0.6 is 0 Å². The Kier molecular flexibility index (Phi) is 3.55. The van der Waals surface area contributed by atoms with Gasteiger partial charge in [0.05, 0.1) is 11.9 Å². The molecule has 19 heavy (non-hydrogen) atoms. The number of aryl methyl sites for hydroxylation is 2. The van der Waals surface area contributed by atoms with Crippen molar-refractivity contribution in [2.75, 3.05) is 5.73 Å². The van der Waals surface area contributed by atoms with Crippen LogP contribution in [0.25, 0.3) is 0 Å². The first-order valence-electron chi connectivity index (χ1n) is 6.07. The number of nitrogens with two attached hydrogens (primary N) is 1.